The molecule has 3 rings (SSSR count). The van der Waals surface area contributed by atoms with Crippen LogP contribution in [0.5, 0.6) is 0 Å². The van der Waals surface area contributed by atoms with Crippen LogP contribution < -0.4 is 10.6 Å². The molecule has 0 spiro atoms. The first-order valence-electron chi connectivity index (χ1n) is 8.24. The van der Waals surface area contributed by atoms with Crippen molar-refractivity contribution in [3.05, 3.63) is 35.5 Å². The van der Waals surface area contributed by atoms with Gasteiger partial charge in [-0.25, -0.2) is 9.79 Å². The smallest absolute Gasteiger partial charge is 0.343 e. The van der Waals surface area contributed by atoms with E-state index < -0.39 is 5.97 Å². The van der Waals surface area contributed by atoms with Crippen LogP contribution in [0.3, 0.4) is 0 Å². The highest BCUT2D eigenvalue weighted by Gasteiger charge is 2.30. The number of hydrogen-bond acceptors (Lipinski definition) is 5. The number of allylic oxidation sites excluding steroid dienone is 1. The van der Waals surface area contributed by atoms with Gasteiger partial charge in [-0.3, -0.25) is 4.79 Å². The minimum absolute atomic E-state index is 0.00269. The number of nitrogens with zero attached hydrogens (tertiary/aromatic N) is 1. The van der Waals surface area contributed by atoms with Gasteiger partial charge < -0.3 is 15.4 Å². The summed E-state index contributed by atoms with van der Waals surface area (Å²) in [5, 5.41) is 6.02. The van der Waals surface area contributed by atoms with E-state index in [1.165, 1.54) is 0 Å². The largest absolute Gasteiger partial charge is 0.462 e. The molecule has 2 N–H and O–H groups in total. The van der Waals surface area contributed by atoms with Gasteiger partial charge in [-0.2, -0.15) is 0 Å². The Hall–Kier alpha value is -2.63. The molecule has 1 aromatic carbocycles. The second-order valence-electron chi connectivity index (χ2n) is 5.94. The molecule has 24 heavy (non-hydrogen) atoms. The second kappa shape index (κ2) is 6.86. The predicted molar refractivity (Wildman–Crippen MR) is 92.0 cm³/mol. The maximum Gasteiger partial charge on any atom is 0.343 e. The summed E-state index contributed by atoms with van der Waals surface area (Å²) in [5.74, 6) is -0.333. The Bertz CT molecular complexity index is 733. The van der Waals surface area contributed by atoms with Crippen LogP contribution in [-0.2, 0) is 14.3 Å². The third-order valence-corrected chi connectivity index (χ3v) is 4.27. The van der Waals surface area contributed by atoms with Crippen LogP contribution in [0.1, 0.15) is 33.1 Å². The number of fused-ring (bicyclic) bond motifs is 1. The molecule has 0 saturated heterocycles. The molecule has 1 amide bonds. The lowest BCUT2D eigenvalue weighted by Crippen LogP contribution is -2.41. The molecule has 1 aliphatic heterocycles. The monoisotopic (exact) mass is 327 g/mol. The number of amides is 1. The Morgan fingerprint density at radius 1 is 1.33 bits per heavy atom. The lowest BCUT2D eigenvalue weighted by Gasteiger charge is -2.24. The Morgan fingerprint density at radius 2 is 2.08 bits per heavy atom. The molecule has 0 radical (unpaired) electrons. The zero-order chi connectivity index (χ0) is 17.1. The number of aliphatic imine (C=N–C) groups is 1. The first-order valence-corrected chi connectivity index (χ1v) is 8.24. The lowest BCUT2D eigenvalue weighted by atomic mass is 9.85. The number of carbonyl (C=O) groups is 2. The Balaban J connectivity index is 1.99. The fourth-order valence-electron chi connectivity index (χ4n) is 2.73. The average molecular weight is 327 g/mol. The van der Waals surface area contributed by atoms with Crippen molar-refractivity contribution >= 4 is 29.1 Å². The third kappa shape index (κ3) is 3.18. The Kier molecular flexibility index (Phi) is 4.64. The molecule has 1 saturated carbocycles. The van der Waals surface area contributed by atoms with E-state index in [0.717, 1.165) is 24.9 Å². The highest BCUT2D eigenvalue weighted by atomic mass is 16.5. The maximum atomic E-state index is 12.4. The van der Waals surface area contributed by atoms with E-state index in [1.807, 2.05) is 24.3 Å². The number of amidine groups is 1. The van der Waals surface area contributed by atoms with E-state index in [1.54, 1.807) is 13.8 Å². The second-order valence-corrected chi connectivity index (χ2v) is 5.94. The van der Waals surface area contributed by atoms with Crippen molar-refractivity contribution in [2.24, 2.45) is 10.9 Å². The molecule has 6 heteroatoms. The van der Waals surface area contributed by atoms with Crippen LogP contribution in [0, 0.1) is 5.92 Å². The topological polar surface area (TPSA) is 79.8 Å². The highest BCUT2D eigenvalue weighted by Crippen LogP contribution is 2.31. The van der Waals surface area contributed by atoms with Crippen LogP contribution >= 0.6 is 0 Å². The third-order valence-electron chi connectivity index (χ3n) is 4.27. The first-order chi connectivity index (χ1) is 11.6. The van der Waals surface area contributed by atoms with Crippen LogP contribution in [-0.4, -0.2) is 24.3 Å². The minimum Gasteiger partial charge on any atom is -0.462 e. The van der Waals surface area contributed by atoms with E-state index >= 15 is 0 Å². The molecule has 1 heterocycles. The number of hydrogen-bond donors (Lipinski definition) is 2. The molecular weight excluding hydrogens is 306 g/mol. The van der Waals surface area contributed by atoms with Crippen molar-refractivity contribution in [1.82, 2.24) is 5.32 Å². The Labute approximate surface area is 141 Å². The number of esters is 1. The van der Waals surface area contributed by atoms with E-state index in [-0.39, 0.29) is 29.8 Å². The normalized spacial score (nSPS) is 17.0. The van der Waals surface area contributed by atoms with Gasteiger partial charge in [0.2, 0.25) is 5.91 Å². The fourth-order valence-corrected chi connectivity index (χ4v) is 2.73. The van der Waals surface area contributed by atoms with Gasteiger partial charge in [-0.05, 0) is 38.8 Å². The lowest BCUT2D eigenvalue weighted by molar-refractivity contribution is -0.137. The number of carbonyl (C=O) groups excluding carboxylic acids is 2. The molecule has 126 valence electrons. The van der Waals surface area contributed by atoms with E-state index in [4.69, 9.17) is 4.74 Å². The summed E-state index contributed by atoms with van der Waals surface area (Å²) >= 11 is 0. The van der Waals surface area contributed by atoms with Gasteiger partial charge in [0.15, 0.2) is 0 Å². The van der Waals surface area contributed by atoms with Crippen molar-refractivity contribution in [2.75, 3.05) is 11.9 Å². The molecule has 1 fully saturated rings. The number of ether oxygens (including phenoxy) is 1. The predicted octanol–water partition coefficient (Wildman–Crippen LogP) is 2.90. The molecule has 0 bridgehead atoms. The van der Waals surface area contributed by atoms with Gasteiger partial charge in [0, 0.05) is 11.6 Å². The van der Waals surface area contributed by atoms with E-state index in [0.29, 0.717) is 11.4 Å². The summed E-state index contributed by atoms with van der Waals surface area (Å²) in [7, 11) is 0. The Morgan fingerprint density at radius 3 is 2.75 bits per heavy atom. The van der Waals surface area contributed by atoms with Crippen molar-refractivity contribution in [1.29, 1.82) is 0 Å². The van der Waals surface area contributed by atoms with Crippen LogP contribution in [0.4, 0.5) is 11.4 Å². The van der Waals surface area contributed by atoms with Gasteiger partial charge in [-0.1, -0.05) is 18.6 Å². The zero-order valence-corrected chi connectivity index (χ0v) is 13.9. The number of benzene rings is 1. The van der Waals surface area contributed by atoms with Gasteiger partial charge in [0.25, 0.3) is 0 Å². The van der Waals surface area contributed by atoms with Crippen LogP contribution in [0.2, 0.25) is 0 Å². The van der Waals surface area contributed by atoms with Gasteiger partial charge in [0.1, 0.15) is 11.4 Å². The zero-order valence-electron chi connectivity index (χ0n) is 13.9. The summed E-state index contributed by atoms with van der Waals surface area (Å²) in [6.07, 6.45) is 2.82. The number of anilines is 1. The number of para-hydroxylation sites is 2. The molecule has 1 aromatic rings. The van der Waals surface area contributed by atoms with E-state index in [9.17, 15) is 9.59 Å². The van der Waals surface area contributed by atoms with Crippen LogP contribution in [0.15, 0.2) is 40.5 Å². The molecule has 1 aliphatic carbocycles. The molecule has 0 aromatic heterocycles. The summed E-state index contributed by atoms with van der Waals surface area (Å²) in [6.45, 7) is 3.78. The maximum absolute atomic E-state index is 12.4. The fraction of sp³-hybridized carbons (Fsp3) is 0.389. The first kappa shape index (κ1) is 16.2. The van der Waals surface area contributed by atoms with Gasteiger partial charge in [-0.15, -0.1) is 0 Å². The molecular formula is C18H21N3O3. The molecule has 2 aliphatic rings. The van der Waals surface area contributed by atoms with E-state index in [2.05, 4.69) is 15.6 Å². The highest BCUT2D eigenvalue weighted by molar-refractivity contribution is 6.24. The molecule has 0 unspecified atom stereocenters. The van der Waals surface area contributed by atoms with Crippen molar-refractivity contribution in [3.63, 3.8) is 0 Å². The van der Waals surface area contributed by atoms with Crippen molar-refractivity contribution in [3.8, 4) is 0 Å². The number of rotatable bonds is 3. The SMILES string of the molecule is CCOC(=O)C1=C(C)Nc2ccccc2N=C1NC(=O)C1CCC1. The summed E-state index contributed by atoms with van der Waals surface area (Å²) in [6, 6.07) is 7.46. The summed E-state index contributed by atoms with van der Waals surface area (Å²) < 4.78 is 5.15. The summed E-state index contributed by atoms with van der Waals surface area (Å²) in [5.41, 5.74) is 2.32. The van der Waals surface area contributed by atoms with Gasteiger partial charge in [0.05, 0.1) is 18.0 Å². The number of nitrogens with one attached hydrogen (secondary N) is 2. The average Bonchev–Trinajstić information content (AvgIpc) is 2.60. The van der Waals surface area contributed by atoms with Crippen molar-refractivity contribution < 1.29 is 14.3 Å². The van der Waals surface area contributed by atoms with Gasteiger partial charge >= 0.3 is 5.97 Å². The summed E-state index contributed by atoms with van der Waals surface area (Å²) in [4.78, 5) is 29.3. The minimum atomic E-state index is -0.497. The quantitative estimate of drug-likeness (QED) is 0.837. The molecule has 6 nitrogen and oxygen atoms in total. The molecule has 0 atom stereocenters. The van der Waals surface area contributed by atoms with Crippen molar-refractivity contribution in [2.45, 2.75) is 33.1 Å². The van der Waals surface area contributed by atoms with Crippen LogP contribution in [0.25, 0.3) is 0 Å². The standard InChI is InChI=1S/C18H21N3O3/c1-3-24-18(23)15-11(2)19-13-9-4-5-10-14(13)20-16(15)21-17(22)12-7-6-8-12/h4-5,9-10,12,19H,3,6-8H2,1-2H3,(H,20,21,22).